The van der Waals surface area contributed by atoms with Gasteiger partial charge in [-0.1, -0.05) is 12.5 Å². The first-order valence-electron chi connectivity index (χ1n) is 8.08. The summed E-state index contributed by atoms with van der Waals surface area (Å²) in [7, 11) is 0. The van der Waals surface area contributed by atoms with Crippen LogP contribution in [0.4, 0.5) is 16.2 Å². The van der Waals surface area contributed by atoms with Gasteiger partial charge in [-0.05, 0) is 51.4 Å². The van der Waals surface area contributed by atoms with Crippen LogP contribution in [0.3, 0.4) is 0 Å². The molecule has 1 fully saturated rings. The molecule has 0 saturated carbocycles. The first-order chi connectivity index (χ1) is 11.1. The highest BCUT2D eigenvalue weighted by molar-refractivity contribution is 5.90. The van der Waals surface area contributed by atoms with Crippen molar-refractivity contribution in [2.45, 2.75) is 32.6 Å². The summed E-state index contributed by atoms with van der Waals surface area (Å²) in [5.74, 6) is 0. The van der Waals surface area contributed by atoms with Crippen molar-refractivity contribution in [2.24, 2.45) is 0 Å². The predicted octanol–water partition coefficient (Wildman–Crippen LogP) is 2.90. The number of nitrogens with zero attached hydrogens (tertiary/aromatic N) is 2. The molecule has 0 aliphatic carbocycles. The zero-order valence-electron chi connectivity index (χ0n) is 13.5. The largest absolute Gasteiger partial charge is 0.338 e. The van der Waals surface area contributed by atoms with Crippen molar-refractivity contribution in [3.05, 3.63) is 33.9 Å². The molecule has 1 heterocycles. The Labute approximate surface area is 136 Å². The number of non-ortho nitro benzene ring substituents is 1. The van der Waals surface area contributed by atoms with Gasteiger partial charge in [0.1, 0.15) is 0 Å². The standard InChI is InChI=1S/C16H24N4O3/c1-13-6-7-14(20(22)23)12-15(13)18-16(21)17-8-5-11-19-9-3-2-4-10-19/h6-7,12H,2-5,8-11H2,1H3,(H2,17,18,21). The average Bonchev–Trinajstić information content (AvgIpc) is 2.54. The van der Waals surface area contributed by atoms with Crippen molar-refractivity contribution < 1.29 is 9.72 Å². The van der Waals surface area contributed by atoms with Gasteiger partial charge in [0.2, 0.25) is 0 Å². The van der Waals surface area contributed by atoms with E-state index in [4.69, 9.17) is 0 Å². The Hall–Kier alpha value is -2.15. The molecular weight excluding hydrogens is 296 g/mol. The lowest BCUT2D eigenvalue weighted by molar-refractivity contribution is -0.384. The van der Waals surface area contributed by atoms with E-state index in [1.165, 1.54) is 31.4 Å². The number of hydrogen-bond acceptors (Lipinski definition) is 4. The quantitative estimate of drug-likeness (QED) is 0.479. The molecule has 0 spiro atoms. The van der Waals surface area contributed by atoms with E-state index in [9.17, 15) is 14.9 Å². The summed E-state index contributed by atoms with van der Waals surface area (Å²) in [5.41, 5.74) is 1.22. The van der Waals surface area contributed by atoms with Crippen LogP contribution in [0.5, 0.6) is 0 Å². The maximum absolute atomic E-state index is 11.9. The molecule has 1 aliphatic heterocycles. The van der Waals surface area contributed by atoms with Crippen molar-refractivity contribution in [3.8, 4) is 0 Å². The Balaban J connectivity index is 1.74. The van der Waals surface area contributed by atoms with Gasteiger partial charge in [0, 0.05) is 18.7 Å². The van der Waals surface area contributed by atoms with E-state index in [0.717, 1.165) is 31.6 Å². The number of carbonyl (C=O) groups excluding carboxylic acids is 1. The summed E-state index contributed by atoms with van der Waals surface area (Å²) in [6, 6.07) is 4.11. The van der Waals surface area contributed by atoms with Gasteiger partial charge in [-0.3, -0.25) is 10.1 Å². The smallest absolute Gasteiger partial charge is 0.319 e. The average molecular weight is 320 g/mol. The normalized spacial score (nSPS) is 15.2. The van der Waals surface area contributed by atoms with Gasteiger partial charge in [-0.25, -0.2) is 4.79 Å². The number of rotatable bonds is 6. The number of benzene rings is 1. The Bertz CT molecular complexity index is 556. The van der Waals surface area contributed by atoms with Crippen LogP contribution in [0, 0.1) is 17.0 Å². The monoisotopic (exact) mass is 320 g/mol. The van der Waals surface area contributed by atoms with Gasteiger partial charge in [0.15, 0.2) is 0 Å². The van der Waals surface area contributed by atoms with E-state index in [2.05, 4.69) is 15.5 Å². The molecule has 126 valence electrons. The third kappa shape index (κ3) is 5.52. The van der Waals surface area contributed by atoms with Gasteiger partial charge in [0.05, 0.1) is 10.6 Å². The molecule has 1 saturated heterocycles. The predicted molar refractivity (Wildman–Crippen MR) is 89.8 cm³/mol. The fraction of sp³-hybridized carbons (Fsp3) is 0.562. The van der Waals surface area contributed by atoms with Crippen LogP contribution in [0.1, 0.15) is 31.2 Å². The highest BCUT2D eigenvalue weighted by Crippen LogP contribution is 2.21. The SMILES string of the molecule is Cc1ccc([N+](=O)[O-])cc1NC(=O)NCCCN1CCCCC1. The summed E-state index contributed by atoms with van der Waals surface area (Å²) in [4.78, 5) is 24.6. The number of likely N-dealkylation sites (tertiary alicyclic amines) is 1. The lowest BCUT2D eigenvalue weighted by atomic mass is 10.1. The van der Waals surface area contributed by atoms with Crippen molar-refractivity contribution in [2.75, 3.05) is 31.5 Å². The first-order valence-corrected chi connectivity index (χ1v) is 8.08. The van der Waals surface area contributed by atoms with E-state index in [1.54, 1.807) is 13.0 Å². The van der Waals surface area contributed by atoms with E-state index < -0.39 is 4.92 Å². The van der Waals surface area contributed by atoms with Gasteiger partial charge in [-0.15, -0.1) is 0 Å². The number of urea groups is 1. The molecule has 1 aliphatic rings. The maximum Gasteiger partial charge on any atom is 0.319 e. The fourth-order valence-electron chi connectivity index (χ4n) is 2.71. The zero-order chi connectivity index (χ0) is 16.7. The maximum atomic E-state index is 11.9. The van der Waals surface area contributed by atoms with Crippen LogP contribution in [0.25, 0.3) is 0 Å². The third-order valence-corrected chi connectivity index (χ3v) is 4.07. The summed E-state index contributed by atoms with van der Waals surface area (Å²) >= 11 is 0. The number of anilines is 1. The third-order valence-electron chi connectivity index (χ3n) is 4.07. The van der Waals surface area contributed by atoms with Crippen LogP contribution in [-0.2, 0) is 0 Å². The minimum absolute atomic E-state index is 0.0315. The molecule has 1 aromatic rings. The van der Waals surface area contributed by atoms with Crippen molar-refractivity contribution in [3.63, 3.8) is 0 Å². The fourth-order valence-corrected chi connectivity index (χ4v) is 2.71. The number of hydrogen-bond donors (Lipinski definition) is 2. The first kappa shape index (κ1) is 17.2. The molecule has 2 amide bonds. The van der Waals surface area contributed by atoms with Crippen molar-refractivity contribution in [1.82, 2.24) is 10.2 Å². The Kier molecular flexibility index (Phi) is 6.34. The van der Waals surface area contributed by atoms with Crippen LogP contribution in [0.15, 0.2) is 18.2 Å². The van der Waals surface area contributed by atoms with E-state index >= 15 is 0 Å². The second-order valence-corrected chi connectivity index (χ2v) is 5.89. The van der Waals surface area contributed by atoms with Gasteiger partial charge in [-0.2, -0.15) is 0 Å². The molecule has 0 radical (unpaired) electrons. The number of carbonyl (C=O) groups is 1. The summed E-state index contributed by atoms with van der Waals surface area (Å²) in [5, 5.41) is 16.3. The molecule has 1 aromatic carbocycles. The summed E-state index contributed by atoms with van der Waals surface area (Å²) < 4.78 is 0. The van der Waals surface area contributed by atoms with Gasteiger partial charge < -0.3 is 15.5 Å². The highest BCUT2D eigenvalue weighted by atomic mass is 16.6. The lowest BCUT2D eigenvalue weighted by Crippen LogP contribution is -2.34. The Morgan fingerprint density at radius 3 is 2.74 bits per heavy atom. The molecule has 2 rings (SSSR count). The van der Waals surface area contributed by atoms with Gasteiger partial charge >= 0.3 is 6.03 Å². The molecule has 7 nitrogen and oxygen atoms in total. The Morgan fingerprint density at radius 1 is 1.30 bits per heavy atom. The number of aryl methyl sites for hydroxylation is 1. The molecular formula is C16H24N4O3. The lowest BCUT2D eigenvalue weighted by Gasteiger charge is -2.26. The molecule has 0 atom stereocenters. The summed E-state index contributed by atoms with van der Waals surface area (Å²) in [6.45, 7) is 5.69. The molecule has 2 N–H and O–H groups in total. The second-order valence-electron chi connectivity index (χ2n) is 5.89. The number of piperidine rings is 1. The highest BCUT2D eigenvalue weighted by Gasteiger charge is 2.12. The minimum atomic E-state index is -0.471. The second kappa shape index (κ2) is 8.47. The molecule has 23 heavy (non-hydrogen) atoms. The Morgan fingerprint density at radius 2 is 2.04 bits per heavy atom. The molecule has 0 bridgehead atoms. The van der Waals surface area contributed by atoms with Crippen LogP contribution < -0.4 is 10.6 Å². The number of nitro benzene ring substituents is 1. The number of nitrogens with one attached hydrogen (secondary N) is 2. The van der Waals surface area contributed by atoms with Crippen molar-refractivity contribution >= 4 is 17.4 Å². The molecule has 7 heteroatoms. The van der Waals surface area contributed by atoms with E-state index in [0.29, 0.717) is 12.2 Å². The van der Waals surface area contributed by atoms with Crippen LogP contribution in [0.2, 0.25) is 0 Å². The topological polar surface area (TPSA) is 87.5 Å². The number of amides is 2. The summed E-state index contributed by atoms with van der Waals surface area (Å²) in [6.07, 6.45) is 4.75. The van der Waals surface area contributed by atoms with Gasteiger partial charge in [0.25, 0.3) is 5.69 Å². The minimum Gasteiger partial charge on any atom is -0.338 e. The zero-order valence-corrected chi connectivity index (χ0v) is 13.5. The van der Waals surface area contributed by atoms with Crippen molar-refractivity contribution in [1.29, 1.82) is 0 Å². The van der Waals surface area contributed by atoms with Crippen LogP contribution in [-0.4, -0.2) is 42.0 Å². The number of nitro groups is 1. The van der Waals surface area contributed by atoms with E-state index in [1.807, 2.05) is 0 Å². The molecule has 0 unspecified atom stereocenters. The van der Waals surface area contributed by atoms with E-state index in [-0.39, 0.29) is 11.7 Å². The molecule has 0 aromatic heterocycles. The van der Waals surface area contributed by atoms with Crippen LogP contribution >= 0.6 is 0 Å².